The molecule has 106 valence electrons. The third-order valence-corrected chi connectivity index (χ3v) is 3.08. The van der Waals surface area contributed by atoms with Gasteiger partial charge in [0, 0.05) is 5.56 Å². The maximum atomic E-state index is 13.4. The molecule has 2 aromatic carbocycles. The van der Waals surface area contributed by atoms with Crippen molar-refractivity contribution in [3.8, 4) is 22.7 Å². The molecule has 0 aliphatic heterocycles. The molecule has 0 unspecified atom stereocenters. The number of nitrogens with zero attached hydrogens (tertiary/aromatic N) is 3. The second-order valence-electron chi connectivity index (χ2n) is 4.48. The van der Waals surface area contributed by atoms with Crippen molar-refractivity contribution in [2.24, 2.45) is 0 Å². The Balaban J connectivity index is 2.19. The average molecular weight is 285 g/mol. The maximum Gasteiger partial charge on any atom is 0.123 e. The van der Waals surface area contributed by atoms with E-state index in [-0.39, 0.29) is 18.2 Å². The van der Waals surface area contributed by atoms with Gasteiger partial charge < -0.3 is 10.2 Å². The van der Waals surface area contributed by atoms with Gasteiger partial charge in [-0.3, -0.25) is 0 Å². The first-order chi connectivity index (χ1) is 10.2. The van der Waals surface area contributed by atoms with Crippen LogP contribution in [0, 0.1) is 5.82 Å². The van der Waals surface area contributed by atoms with Gasteiger partial charge in [-0.25, -0.2) is 9.07 Å². The van der Waals surface area contributed by atoms with Crippen LogP contribution in [-0.4, -0.2) is 25.2 Å². The van der Waals surface area contributed by atoms with Gasteiger partial charge in [-0.2, -0.15) is 0 Å². The normalized spacial score (nSPS) is 10.8. The lowest BCUT2D eigenvalue weighted by Crippen LogP contribution is -2.00. The molecule has 0 fully saturated rings. The largest absolute Gasteiger partial charge is 0.508 e. The predicted octanol–water partition coefficient (Wildman–Crippen LogP) is 2.27. The van der Waals surface area contributed by atoms with Gasteiger partial charge in [-0.15, -0.1) is 5.10 Å². The lowest BCUT2D eigenvalue weighted by Gasteiger charge is -2.08. The van der Waals surface area contributed by atoms with E-state index in [2.05, 4.69) is 10.3 Å². The number of aliphatic hydroxyl groups is 1. The van der Waals surface area contributed by atoms with Crippen molar-refractivity contribution in [2.45, 2.75) is 6.61 Å². The van der Waals surface area contributed by atoms with Crippen LogP contribution in [0.1, 0.15) is 5.69 Å². The molecule has 0 saturated heterocycles. The summed E-state index contributed by atoms with van der Waals surface area (Å²) in [6, 6.07) is 12.4. The minimum absolute atomic E-state index is 0.133. The van der Waals surface area contributed by atoms with Gasteiger partial charge in [0.1, 0.15) is 23.0 Å². The number of aliphatic hydroxyl groups excluding tert-OH is 1. The fraction of sp³-hybridized carbons (Fsp3) is 0.0667. The van der Waals surface area contributed by atoms with E-state index in [0.717, 1.165) is 0 Å². The van der Waals surface area contributed by atoms with Gasteiger partial charge >= 0.3 is 0 Å². The van der Waals surface area contributed by atoms with E-state index in [9.17, 15) is 14.6 Å². The number of aromatic hydroxyl groups is 1. The second kappa shape index (κ2) is 5.34. The molecule has 3 aromatic rings. The van der Waals surface area contributed by atoms with Crippen LogP contribution in [0.3, 0.4) is 0 Å². The molecule has 0 atom stereocenters. The molecule has 0 aliphatic rings. The van der Waals surface area contributed by atoms with Crippen LogP contribution in [0.15, 0.2) is 48.5 Å². The van der Waals surface area contributed by atoms with E-state index in [1.54, 1.807) is 24.3 Å². The fourth-order valence-electron chi connectivity index (χ4n) is 2.12. The highest BCUT2D eigenvalue weighted by Crippen LogP contribution is 2.26. The minimum atomic E-state index is -0.380. The van der Waals surface area contributed by atoms with E-state index < -0.39 is 0 Å². The van der Waals surface area contributed by atoms with E-state index >= 15 is 0 Å². The lowest BCUT2D eigenvalue weighted by molar-refractivity contribution is 0.277. The highest BCUT2D eigenvalue weighted by molar-refractivity contribution is 5.64. The average Bonchev–Trinajstić information content (AvgIpc) is 2.92. The number of halogens is 1. The van der Waals surface area contributed by atoms with Gasteiger partial charge in [0.15, 0.2) is 0 Å². The molecule has 5 nitrogen and oxygen atoms in total. The molecule has 3 rings (SSSR count). The molecule has 1 heterocycles. The summed E-state index contributed by atoms with van der Waals surface area (Å²) in [6.07, 6.45) is 0. The molecule has 0 amide bonds. The number of phenols is 1. The Morgan fingerprint density at radius 3 is 2.52 bits per heavy atom. The quantitative estimate of drug-likeness (QED) is 0.774. The molecule has 0 radical (unpaired) electrons. The van der Waals surface area contributed by atoms with Crippen LogP contribution >= 0.6 is 0 Å². The monoisotopic (exact) mass is 285 g/mol. The van der Waals surface area contributed by atoms with Gasteiger partial charge in [0.25, 0.3) is 0 Å². The third kappa shape index (κ3) is 2.48. The topological polar surface area (TPSA) is 71.2 Å². The summed E-state index contributed by atoms with van der Waals surface area (Å²) < 4.78 is 14.9. The van der Waals surface area contributed by atoms with Crippen LogP contribution in [0.4, 0.5) is 4.39 Å². The SMILES string of the molecule is OCc1nnn(-c2ccc(O)cc2)c1-c1cccc(F)c1. The first kappa shape index (κ1) is 13.3. The number of aromatic nitrogens is 3. The maximum absolute atomic E-state index is 13.4. The summed E-state index contributed by atoms with van der Waals surface area (Å²) in [7, 11) is 0. The number of benzene rings is 2. The van der Waals surface area contributed by atoms with Crippen molar-refractivity contribution >= 4 is 0 Å². The molecule has 1 aromatic heterocycles. The minimum Gasteiger partial charge on any atom is -0.508 e. The lowest BCUT2D eigenvalue weighted by atomic mass is 10.1. The van der Waals surface area contributed by atoms with Crippen LogP contribution < -0.4 is 0 Å². The Labute approximate surface area is 119 Å². The molecule has 0 aliphatic carbocycles. The highest BCUT2D eigenvalue weighted by Gasteiger charge is 2.16. The van der Waals surface area contributed by atoms with Gasteiger partial charge in [-0.05, 0) is 36.4 Å². The standard InChI is InChI=1S/C15H12FN3O2/c16-11-3-1-2-10(8-11)15-14(9-20)17-18-19(15)12-4-6-13(21)7-5-12/h1-8,20-21H,9H2. The summed E-state index contributed by atoms with van der Waals surface area (Å²) >= 11 is 0. The summed E-state index contributed by atoms with van der Waals surface area (Å²) in [4.78, 5) is 0. The zero-order chi connectivity index (χ0) is 14.8. The molecule has 21 heavy (non-hydrogen) atoms. The number of phenolic OH excluding ortho intramolecular Hbond substituents is 1. The Morgan fingerprint density at radius 1 is 1.10 bits per heavy atom. The van der Waals surface area contributed by atoms with Gasteiger partial charge in [-0.1, -0.05) is 17.3 Å². The molecular weight excluding hydrogens is 273 g/mol. The molecule has 0 saturated carbocycles. The van der Waals surface area contributed by atoms with Crippen LogP contribution in [0.5, 0.6) is 5.75 Å². The third-order valence-electron chi connectivity index (χ3n) is 3.08. The number of hydrogen-bond acceptors (Lipinski definition) is 4. The van der Waals surface area contributed by atoms with Crippen molar-refractivity contribution in [3.63, 3.8) is 0 Å². The van der Waals surface area contributed by atoms with Crippen LogP contribution in [0.2, 0.25) is 0 Å². The summed E-state index contributed by atoms with van der Waals surface area (Å²) in [5, 5.41) is 26.7. The van der Waals surface area contributed by atoms with E-state index in [0.29, 0.717) is 22.6 Å². The first-order valence-corrected chi connectivity index (χ1v) is 6.30. The van der Waals surface area contributed by atoms with E-state index in [1.165, 1.54) is 28.9 Å². The summed E-state index contributed by atoms with van der Waals surface area (Å²) in [5.41, 5.74) is 2.09. The van der Waals surface area contributed by atoms with Crippen molar-refractivity contribution < 1.29 is 14.6 Å². The smallest absolute Gasteiger partial charge is 0.123 e. The van der Waals surface area contributed by atoms with Crippen molar-refractivity contribution in [1.29, 1.82) is 0 Å². The summed E-state index contributed by atoms with van der Waals surface area (Å²) in [6.45, 7) is -0.302. The van der Waals surface area contributed by atoms with Gasteiger partial charge in [0.05, 0.1) is 12.3 Å². The van der Waals surface area contributed by atoms with Crippen molar-refractivity contribution in [1.82, 2.24) is 15.0 Å². The van der Waals surface area contributed by atoms with E-state index in [1.807, 2.05) is 0 Å². The molecule has 2 N–H and O–H groups in total. The van der Waals surface area contributed by atoms with Crippen LogP contribution in [-0.2, 0) is 6.61 Å². The van der Waals surface area contributed by atoms with Crippen LogP contribution in [0.25, 0.3) is 16.9 Å². The fourth-order valence-corrected chi connectivity index (χ4v) is 2.12. The Hall–Kier alpha value is -2.73. The zero-order valence-electron chi connectivity index (χ0n) is 10.9. The number of hydrogen-bond donors (Lipinski definition) is 2. The zero-order valence-corrected chi connectivity index (χ0v) is 10.9. The van der Waals surface area contributed by atoms with Crippen molar-refractivity contribution in [2.75, 3.05) is 0 Å². The number of rotatable bonds is 3. The molecule has 0 spiro atoms. The van der Waals surface area contributed by atoms with E-state index in [4.69, 9.17) is 0 Å². The predicted molar refractivity (Wildman–Crippen MR) is 74.3 cm³/mol. The first-order valence-electron chi connectivity index (χ1n) is 6.30. The highest BCUT2D eigenvalue weighted by atomic mass is 19.1. The second-order valence-corrected chi connectivity index (χ2v) is 4.48. The Kier molecular flexibility index (Phi) is 3.37. The Morgan fingerprint density at radius 2 is 1.86 bits per heavy atom. The molecule has 0 bridgehead atoms. The molecular formula is C15H12FN3O2. The van der Waals surface area contributed by atoms with Gasteiger partial charge in [0.2, 0.25) is 0 Å². The van der Waals surface area contributed by atoms with Crippen molar-refractivity contribution in [3.05, 3.63) is 60.0 Å². The Bertz CT molecular complexity index is 769. The molecule has 6 heteroatoms. The summed E-state index contributed by atoms with van der Waals surface area (Å²) in [5.74, 6) is -0.247.